The fourth-order valence-corrected chi connectivity index (χ4v) is 5.71. The summed E-state index contributed by atoms with van der Waals surface area (Å²) in [6, 6.07) is 1.68. The van der Waals surface area contributed by atoms with Crippen LogP contribution in [0.25, 0.3) is 0 Å². The van der Waals surface area contributed by atoms with Crippen LogP contribution in [0.3, 0.4) is 0 Å². The zero-order valence-corrected chi connectivity index (χ0v) is 14.1. The van der Waals surface area contributed by atoms with Crippen molar-refractivity contribution >= 4 is 16.0 Å². The zero-order valence-electron chi connectivity index (χ0n) is 13.2. The second-order valence-electron chi connectivity index (χ2n) is 7.03. The number of piperidine rings is 1. The van der Waals surface area contributed by atoms with Crippen LogP contribution in [0.5, 0.6) is 0 Å². The maximum absolute atomic E-state index is 14.7. The van der Waals surface area contributed by atoms with Crippen molar-refractivity contribution in [3.8, 4) is 0 Å². The lowest BCUT2D eigenvalue weighted by molar-refractivity contribution is -0.145. The summed E-state index contributed by atoms with van der Waals surface area (Å²) in [5.41, 5.74) is -1.35. The van der Waals surface area contributed by atoms with E-state index in [1.165, 1.54) is 4.31 Å². The largest absolute Gasteiger partial charge is 0.340 e. The van der Waals surface area contributed by atoms with Gasteiger partial charge in [-0.1, -0.05) is 0 Å². The van der Waals surface area contributed by atoms with E-state index in [2.05, 4.69) is 9.97 Å². The standard InChI is InChI=1S/C15H20F2N4O2S/c16-15(17)5-9-21(24(22,23)12-2-3-12)11-14(15)4-8-20(10-14)13-18-6-1-7-19-13/h1,6-7,12H,2-5,8-11H2/t14-/m1/s1. The van der Waals surface area contributed by atoms with Crippen molar-refractivity contribution in [1.29, 1.82) is 0 Å². The van der Waals surface area contributed by atoms with Gasteiger partial charge in [0.05, 0.1) is 10.7 Å². The summed E-state index contributed by atoms with van der Waals surface area (Å²) in [7, 11) is -3.43. The average molecular weight is 358 g/mol. The van der Waals surface area contributed by atoms with Crippen molar-refractivity contribution in [2.45, 2.75) is 36.9 Å². The first-order chi connectivity index (χ1) is 11.3. The molecule has 1 saturated carbocycles. The molecule has 3 aliphatic rings. The van der Waals surface area contributed by atoms with Crippen LogP contribution in [0, 0.1) is 5.41 Å². The lowest BCUT2D eigenvalue weighted by atomic mass is 9.76. The third-order valence-corrected chi connectivity index (χ3v) is 7.77. The van der Waals surface area contributed by atoms with Gasteiger partial charge in [0, 0.05) is 45.0 Å². The van der Waals surface area contributed by atoms with Crippen LogP contribution in [0.4, 0.5) is 14.7 Å². The number of halogens is 2. The second-order valence-corrected chi connectivity index (χ2v) is 9.25. The topological polar surface area (TPSA) is 66.4 Å². The van der Waals surface area contributed by atoms with E-state index in [1.807, 2.05) is 0 Å². The van der Waals surface area contributed by atoms with Crippen molar-refractivity contribution in [1.82, 2.24) is 14.3 Å². The highest BCUT2D eigenvalue weighted by atomic mass is 32.2. The minimum atomic E-state index is -3.43. The van der Waals surface area contributed by atoms with E-state index in [-0.39, 0.29) is 31.3 Å². The molecular weight excluding hydrogens is 338 g/mol. The third-order valence-electron chi connectivity index (χ3n) is 5.42. The average Bonchev–Trinajstić information content (AvgIpc) is 3.33. The van der Waals surface area contributed by atoms with Gasteiger partial charge in [-0.2, -0.15) is 0 Å². The van der Waals surface area contributed by atoms with E-state index in [1.54, 1.807) is 23.4 Å². The Morgan fingerprint density at radius 3 is 2.46 bits per heavy atom. The maximum Gasteiger partial charge on any atom is 0.257 e. The first kappa shape index (κ1) is 16.1. The summed E-state index contributed by atoms with van der Waals surface area (Å²) in [4.78, 5) is 10.00. The molecule has 24 heavy (non-hydrogen) atoms. The van der Waals surface area contributed by atoms with E-state index < -0.39 is 27.8 Å². The van der Waals surface area contributed by atoms with Crippen LogP contribution in [0.15, 0.2) is 18.5 Å². The molecule has 0 N–H and O–H groups in total. The molecule has 9 heteroatoms. The number of hydrogen-bond donors (Lipinski definition) is 0. The molecule has 0 radical (unpaired) electrons. The van der Waals surface area contributed by atoms with E-state index >= 15 is 0 Å². The van der Waals surface area contributed by atoms with Crippen molar-refractivity contribution in [3.05, 3.63) is 18.5 Å². The number of anilines is 1. The van der Waals surface area contributed by atoms with Crippen LogP contribution < -0.4 is 4.90 Å². The summed E-state index contributed by atoms with van der Waals surface area (Å²) < 4.78 is 55.8. The fourth-order valence-electron chi connectivity index (χ4n) is 3.78. The van der Waals surface area contributed by atoms with E-state index in [4.69, 9.17) is 0 Å². The fraction of sp³-hybridized carbons (Fsp3) is 0.733. The molecule has 1 aromatic rings. The quantitative estimate of drug-likeness (QED) is 0.819. The van der Waals surface area contributed by atoms with Crippen LogP contribution in [-0.4, -0.2) is 60.0 Å². The Morgan fingerprint density at radius 2 is 1.79 bits per heavy atom. The maximum atomic E-state index is 14.7. The van der Waals surface area contributed by atoms with Gasteiger partial charge in [-0.05, 0) is 25.3 Å². The summed E-state index contributed by atoms with van der Waals surface area (Å²) >= 11 is 0. The number of nitrogens with zero attached hydrogens (tertiary/aromatic N) is 4. The Balaban J connectivity index is 1.60. The van der Waals surface area contributed by atoms with Gasteiger partial charge in [-0.15, -0.1) is 0 Å². The first-order valence-corrected chi connectivity index (χ1v) is 9.73. The van der Waals surface area contributed by atoms with Gasteiger partial charge in [0.15, 0.2) is 0 Å². The van der Waals surface area contributed by atoms with Gasteiger partial charge in [-0.25, -0.2) is 31.5 Å². The van der Waals surface area contributed by atoms with Gasteiger partial charge in [-0.3, -0.25) is 0 Å². The van der Waals surface area contributed by atoms with Gasteiger partial charge in [0.2, 0.25) is 16.0 Å². The highest BCUT2D eigenvalue weighted by Crippen LogP contribution is 2.51. The van der Waals surface area contributed by atoms with Crippen molar-refractivity contribution in [3.63, 3.8) is 0 Å². The number of sulfonamides is 1. The molecule has 3 heterocycles. The number of hydrogen-bond acceptors (Lipinski definition) is 5. The SMILES string of the molecule is O=S(=O)(C1CC1)N1CCC(F)(F)[C@@]2(CCN(c3ncccn3)C2)C1. The first-order valence-electron chi connectivity index (χ1n) is 8.23. The molecule has 1 aliphatic carbocycles. The predicted octanol–water partition coefficient (Wildman–Crippen LogP) is 1.51. The normalized spacial score (nSPS) is 30.8. The molecular formula is C15H20F2N4O2S. The Morgan fingerprint density at radius 1 is 1.08 bits per heavy atom. The van der Waals surface area contributed by atoms with Crippen molar-refractivity contribution in [2.75, 3.05) is 31.1 Å². The molecule has 0 aromatic carbocycles. The van der Waals surface area contributed by atoms with Gasteiger partial charge in [0.1, 0.15) is 0 Å². The summed E-state index contributed by atoms with van der Waals surface area (Å²) in [6.45, 7) is 0.301. The highest BCUT2D eigenvalue weighted by Gasteiger charge is 2.61. The minimum absolute atomic E-state index is 0.0840. The van der Waals surface area contributed by atoms with Crippen LogP contribution in [0.1, 0.15) is 25.7 Å². The van der Waals surface area contributed by atoms with E-state index in [0.29, 0.717) is 25.3 Å². The van der Waals surface area contributed by atoms with Gasteiger partial charge < -0.3 is 4.90 Å². The molecule has 1 atom stereocenters. The minimum Gasteiger partial charge on any atom is -0.340 e. The van der Waals surface area contributed by atoms with Gasteiger partial charge >= 0.3 is 0 Å². The van der Waals surface area contributed by atoms with E-state index in [0.717, 1.165) is 0 Å². The smallest absolute Gasteiger partial charge is 0.257 e. The summed E-state index contributed by atoms with van der Waals surface area (Å²) in [6.07, 6.45) is 4.28. The Kier molecular flexibility index (Phi) is 3.58. The lowest BCUT2D eigenvalue weighted by Gasteiger charge is -2.45. The number of alkyl halides is 2. The molecule has 2 aliphatic heterocycles. The molecule has 0 amide bonds. The van der Waals surface area contributed by atoms with Crippen LogP contribution in [-0.2, 0) is 10.0 Å². The van der Waals surface area contributed by atoms with E-state index in [9.17, 15) is 17.2 Å². The second kappa shape index (κ2) is 5.32. The van der Waals surface area contributed by atoms with Gasteiger partial charge in [0.25, 0.3) is 5.92 Å². The molecule has 1 spiro atoms. The molecule has 6 nitrogen and oxygen atoms in total. The molecule has 1 aromatic heterocycles. The number of aromatic nitrogens is 2. The Hall–Kier alpha value is -1.35. The Labute approximate surface area is 139 Å². The molecule has 2 saturated heterocycles. The number of rotatable bonds is 3. The molecule has 0 unspecified atom stereocenters. The van der Waals surface area contributed by atoms with Crippen LogP contribution in [0.2, 0.25) is 0 Å². The Bertz CT molecular complexity index is 726. The third kappa shape index (κ3) is 2.48. The summed E-state index contributed by atoms with van der Waals surface area (Å²) in [5.74, 6) is -2.46. The van der Waals surface area contributed by atoms with Crippen molar-refractivity contribution < 1.29 is 17.2 Å². The molecule has 0 bridgehead atoms. The van der Waals surface area contributed by atoms with Crippen LogP contribution >= 0.6 is 0 Å². The molecule has 132 valence electrons. The lowest BCUT2D eigenvalue weighted by Crippen LogP contribution is -2.58. The summed E-state index contributed by atoms with van der Waals surface area (Å²) in [5, 5.41) is -0.365. The molecule has 4 rings (SSSR count). The zero-order chi connectivity index (χ0) is 17.0. The highest BCUT2D eigenvalue weighted by molar-refractivity contribution is 7.90. The predicted molar refractivity (Wildman–Crippen MR) is 84.4 cm³/mol. The monoisotopic (exact) mass is 358 g/mol. The molecule has 3 fully saturated rings. The van der Waals surface area contributed by atoms with Crippen molar-refractivity contribution in [2.24, 2.45) is 5.41 Å².